The van der Waals surface area contributed by atoms with Gasteiger partial charge in [0, 0.05) is 50.7 Å². The Hall–Kier alpha value is -2.26. The molecule has 8 heteroatoms. The molecule has 1 aromatic heterocycles. The molecule has 4 rings (SSSR count). The van der Waals surface area contributed by atoms with Gasteiger partial charge in [0.15, 0.2) is 0 Å². The van der Waals surface area contributed by atoms with Gasteiger partial charge < -0.3 is 15.0 Å². The lowest BCUT2D eigenvalue weighted by Crippen LogP contribution is -2.47. The molecular weight excluding hydrogens is 424 g/mol. The molecule has 1 saturated heterocycles. The van der Waals surface area contributed by atoms with Crippen molar-refractivity contribution in [1.82, 2.24) is 14.7 Å². The maximum Gasteiger partial charge on any atom is 0.341 e. The number of hydrogen-bond acceptors (Lipinski definition) is 7. The molecule has 0 atom stereocenters. The first-order chi connectivity index (χ1) is 15.5. The van der Waals surface area contributed by atoms with E-state index in [9.17, 15) is 9.59 Å². The lowest BCUT2D eigenvalue weighted by Gasteiger charge is -2.31. The summed E-state index contributed by atoms with van der Waals surface area (Å²) in [7, 11) is 2.10. The van der Waals surface area contributed by atoms with Gasteiger partial charge in [-0.1, -0.05) is 30.3 Å². The number of ether oxygens (including phenoxy) is 1. The Balaban J connectivity index is 1.48. The molecule has 1 amide bonds. The molecule has 2 aliphatic heterocycles. The summed E-state index contributed by atoms with van der Waals surface area (Å²) in [6, 6.07) is 10.4. The number of carbonyl (C=O) groups excluding carboxylic acids is 2. The molecule has 1 aromatic carbocycles. The predicted octanol–water partition coefficient (Wildman–Crippen LogP) is 2.67. The predicted molar refractivity (Wildman–Crippen MR) is 127 cm³/mol. The van der Waals surface area contributed by atoms with Gasteiger partial charge in [-0.25, -0.2) is 4.79 Å². The smallest absolute Gasteiger partial charge is 0.341 e. The summed E-state index contributed by atoms with van der Waals surface area (Å²) in [5.41, 5.74) is 2.87. The van der Waals surface area contributed by atoms with E-state index in [1.807, 2.05) is 13.0 Å². The van der Waals surface area contributed by atoms with E-state index in [0.29, 0.717) is 23.7 Å². The van der Waals surface area contributed by atoms with E-state index < -0.39 is 0 Å². The Labute approximate surface area is 193 Å². The zero-order chi connectivity index (χ0) is 22.5. The van der Waals surface area contributed by atoms with E-state index in [1.165, 1.54) is 16.9 Å². The molecule has 0 aliphatic carbocycles. The number of anilines is 1. The van der Waals surface area contributed by atoms with Crippen molar-refractivity contribution in [3.8, 4) is 0 Å². The fourth-order valence-electron chi connectivity index (χ4n) is 4.32. The van der Waals surface area contributed by atoms with Crippen LogP contribution in [0.3, 0.4) is 0 Å². The van der Waals surface area contributed by atoms with Gasteiger partial charge >= 0.3 is 5.97 Å². The first-order valence-corrected chi connectivity index (χ1v) is 12.1. The number of esters is 1. The number of nitrogens with zero attached hydrogens (tertiary/aromatic N) is 3. The van der Waals surface area contributed by atoms with Crippen LogP contribution in [0.4, 0.5) is 5.00 Å². The Morgan fingerprint density at radius 1 is 1.06 bits per heavy atom. The van der Waals surface area contributed by atoms with E-state index in [4.69, 9.17) is 4.74 Å². The van der Waals surface area contributed by atoms with Crippen LogP contribution in [0.2, 0.25) is 0 Å². The summed E-state index contributed by atoms with van der Waals surface area (Å²) in [6.07, 6.45) is 0.779. The van der Waals surface area contributed by atoms with Crippen LogP contribution in [0.25, 0.3) is 0 Å². The van der Waals surface area contributed by atoms with E-state index >= 15 is 0 Å². The summed E-state index contributed by atoms with van der Waals surface area (Å²) in [6.45, 7) is 8.68. The maximum atomic E-state index is 12.8. The van der Waals surface area contributed by atoms with Crippen LogP contribution in [0.15, 0.2) is 30.3 Å². The van der Waals surface area contributed by atoms with Crippen LogP contribution in [-0.4, -0.2) is 79.5 Å². The maximum absolute atomic E-state index is 12.8. The molecule has 2 aliphatic rings. The lowest BCUT2D eigenvalue weighted by molar-refractivity contribution is -0.117. The highest BCUT2D eigenvalue weighted by atomic mass is 32.1. The third-order valence-electron chi connectivity index (χ3n) is 6.08. The quantitative estimate of drug-likeness (QED) is 0.647. The molecule has 0 saturated carbocycles. The molecule has 1 fully saturated rings. The molecule has 3 heterocycles. The zero-order valence-corrected chi connectivity index (χ0v) is 19.7. The van der Waals surface area contributed by atoms with Crippen LogP contribution in [0, 0.1) is 0 Å². The minimum absolute atomic E-state index is 0.0696. The standard InChI is InChI=1S/C24H32N4O3S/c1-3-31-24(30)22-19-9-10-28(15-18-7-5-4-6-8-18)16-20(19)32-23(22)25-21(29)17-27-13-11-26(2)12-14-27/h4-8H,3,9-17H2,1-2H3,(H,25,29). The van der Waals surface area contributed by atoms with Crippen LogP contribution in [0.5, 0.6) is 0 Å². The van der Waals surface area contributed by atoms with E-state index in [2.05, 4.69) is 51.3 Å². The van der Waals surface area contributed by atoms with Crippen molar-refractivity contribution in [2.45, 2.75) is 26.4 Å². The van der Waals surface area contributed by atoms with Crippen molar-refractivity contribution >= 4 is 28.2 Å². The van der Waals surface area contributed by atoms with E-state index in [-0.39, 0.29) is 11.9 Å². The number of rotatable bonds is 7. The topological polar surface area (TPSA) is 65.1 Å². The molecule has 2 aromatic rings. The van der Waals surface area contributed by atoms with Gasteiger partial charge in [0.2, 0.25) is 5.91 Å². The summed E-state index contributed by atoms with van der Waals surface area (Å²) in [5, 5.41) is 3.67. The van der Waals surface area contributed by atoms with Gasteiger partial charge in [-0.2, -0.15) is 0 Å². The summed E-state index contributed by atoms with van der Waals surface area (Å²) in [5.74, 6) is -0.406. The van der Waals surface area contributed by atoms with Crippen molar-refractivity contribution in [3.63, 3.8) is 0 Å². The minimum Gasteiger partial charge on any atom is -0.462 e. The normalized spacial score (nSPS) is 17.7. The number of amides is 1. The minimum atomic E-state index is -0.337. The van der Waals surface area contributed by atoms with E-state index in [0.717, 1.165) is 62.7 Å². The molecule has 7 nitrogen and oxygen atoms in total. The van der Waals surface area contributed by atoms with E-state index in [1.54, 1.807) is 0 Å². The molecule has 0 spiro atoms. The first kappa shape index (κ1) is 22.9. The molecule has 0 bridgehead atoms. The molecule has 0 unspecified atom stereocenters. The van der Waals surface area contributed by atoms with Gasteiger partial charge in [0.25, 0.3) is 0 Å². The number of thiophene rings is 1. The average Bonchev–Trinajstić information content (AvgIpc) is 3.13. The second-order valence-electron chi connectivity index (χ2n) is 8.50. The highest BCUT2D eigenvalue weighted by molar-refractivity contribution is 7.17. The van der Waals surface area contributed by atoms with Crippen molar-refractivity contribution in [1.29, 1.82) is 0 Å². The van der Waals surface area contributed by atoms with Crippen molar-refractivity contribution in [2.24, 2.45) is 0 Å². The Morgan fingerprint density at radius 3 is 2.53 bits per heavy atom. The molecule has 1 N–H and O–H groups in total. The average molecular weight is 457 g/mol. The third-order valence-corrected chi connectivity index (χ3v) is 7.21. The second-order valence-corrected chi connectivity index (χ2v) is 9.61. The van der Waals surface area contributed by atoms with Gasteiger partial charge in [-0.15, -0.1) is 11.3 Å². The second kappa shape index (κ2) is 10.6. The van der Waals surface area contributed by atoms with Crippen LogP contribution < -0.4 is 5.32 Å². The SMILES string of the molecule is CCOC(=O)c1c(NC(=O)CN2CCN(C)CC2)sc2c1CCN(Cc1ccccc1)C2. The van der Waals surface area contributed by atoms with Gasteiger partial charge in [-0.05, 0) is 31.5 Å². The Morgan fingerprint density at radius 2 is 1.81 bits per heavy atom. The van der Waals surface area contributed by atoms with Crippen LogP contribution in [-0.2, 0) is 29.0 Å². The van der Waals surface area contributed by atoms with Gasteiger partial charge in [0.05, 0.1) is 18.7 Å². The highest BCUT2D eigenvalue weighted by Crippen LogP contribution is 2.38. The Kier molecular flexibility index (Phi) is 7.57. The number of fused-ring (bicyclic) bond motifs is 1. The number of piperazine rings is 1. The third kappa shape index (κ3) is 5.56. The van der Waals surface area contributed by atoms with Crippen LogP contribution in [0.1, 0.15) is 33.3 Å². The molecule has 0 radical (unpaired) electrons. The number of nitrogens with one attached hydrogen (secondary N) is 1. The Bertz CT molecular complexity index is 938. The first-order valence-electron chi connectivity index (χ1n) is 11.3. The fourth-order valence-corrected chi connectivity index (χ4v) is 5.61. The van der Waals surface area contributed by atoms with Crippen molar-refractivity contribution in [2.75, 3.05) is 58.2 Å². The number of benzene rings is 1. The fraction of sp³-hybridized carbons (Fsp3) is 0.500. The zero-order valence-electron chi connectivity index (χ0n) is 18.9. The van der Waals surface area contributed by atoms with Crippen LogP contribution >= 0.6 is 11.3 Å². The van der Waals surface area contributed by atoms with Gasteiger partial charge in [-0.3, -0.25) is 14.6 Å². The molecule has 172 valence electrons. The molecule has 32 heavy (non-hydrogen) atoms. The van der Waals surface area contributed by atoms with Crippen molar-refractivity contribution in [3.05, 3.63) is 51.9 Å². The summed E-state index contributed by atoms with van der Waals surface area (Å²) in [4.78, 5) is 33.5. The number of carbonyl (C=O) groups is 2. The molecular formula is C24H32N4O3S. The monoisotopic (exact) mass is 456 g/mol. The number of hydrogen-bond donors (Lipinski definition) is 1. The van der Waals surface area contributed by atoms with Gasteiger partial charge in [0.1, 0.15) is 5.00 Å². The largest absolute Gasteiger partial charge is 0.462 e. The number of likely N-dealkylation sites (N-methyl/N-ethyl adjacent to an activating group) is 1. The summed E-state index contributed by atoms with van der Waals surface area (Å²) >= 11 is 1.52. The highest BCUT2D eigenvalue weighted by Gasteiger charge is 2.30. The van der Waals surface area contributed by atoms with Crippen molar-refractivity contribution < 1.29 is 14.3 Å². The lowest BCUT2D eigenvalue weighted by atomic mass is 10.0. The summed E-state index contributed by atoms with van der Waals surface area (Å²) < 4.78 is 5.35.